The summed E-state index contributed by atoms with van der Waals surface area (Å²) in [5, 5.41) is 2.64. The van der Waals surface area contributed by atoms with Gasteiger partial charge in [0.1, 0.15) is 0 Å². The number of rotatable bonds is 7. The maximum Gasteiger partial charge on any atom is -0.00880 e. The van der Waals surface area contributed by atoms with Gasteiger partial charge in [-0.15, -0.1) is 0 Å². The molecular weight excluding hydrogens is 408 g/mol. The molecule has 0 saturated heterocycles. The van der Waals surface area contributed by atoms with Crippen LogP contribution in [0, 0.1) is 0 Å². The molecule has 0 aliphatic heterocycles. The Labute approximate surface area is 202 Å². The summed E-state index contributed by atoms with van der Waals surface area (Å²) >= 11 is 0. The molecule has 5 aromatic carbocycles. The van der Waals surface area contributed by atoms with Crippen LogP contribution in [-0.2, 0) is 12.8 Å². The predicted octanol–water partition coefficient (Wildman–Crippen LogP) is 9.02. The quantitative estimate of drug-likeness (QED) is 0.239. The average molecular weight is 437 g/mol. The van der Waals surface area contributed by atoms with E-state index in [9.17, 15) is 0 Å². The van der Waals surface area contributed by atoms with Crippen LogP contribution in [0.3, 0.4) is 0 Å². The highest BCUT2D eigenvalue weighted by molar-refractivity contribution is 5.85. The Morgan fingerprint density at radius 1 is 0.441 bits per heavy atom. The fourth-order valence-corrected chi connectivity index (χ4v) is 4.31. The Morgan fingerprint density at radius 2 is 1.03 bits per heavy atom. The van der Waals surface area contributed by atoms with E-state index in [1.807, 2.05) is 6.07 Å². The summed E-state index contributed by atoms with van der Waals surface area (Å²) in [5.41, 5.74) is 7.66. The van der Waals surface area contributed by atoms with Crippen LogP contribution < -0.4 is 0 Å². The highest BCUT2D eigenvalue weighted by Crippen LogP contribution is 2.22. The van der Waals surface area contributed by atoms with Crippen LogP contribution in [0.4, 0.5) is 0 Å². The van der Waals surface area contributed by atoms with Gasteiger partial charge in [-0.25, -0.2) is 0 Å². The first-order chi connectivity index (χ1) is 16.8. The molecule has 0 heteroatoms. The van der Waals surface area contributed by atoms with Gasteiger partial charge in [0.05, 0.1) is 0 Å². The highest BCUT2D eigenvalue weighted by atomic mass is 14.0. The fraction of sp³-hybridized carbons (Fsp3) is 0.0588. The summed E-state index contributed by atoms with van der Waals surface area (Å²) in [7, 11) is 0. The minimum atomic E-state index is 0.934. The van der Waals surface area contributed by atoms with E-state index in [1.165, 1.54) is 44.2 Å². The monoisotopic (exact) mass is 436 g/mol. The van der Waals surface area contributed by atoms with Crippen molar-refractivity contribution in [1.82, 2.24) is 0 Å². The van der Waals surface area contributed by atoms with Crippen molar-refractivity contribution in [3.8, 4) is 11.1 Å². The van der Waals surface area contributed by atoms with Gasteiger partial charge in [0.2, 0.25) is 0 Å². The van der Waals surface area contributed by atoms with Gasteiger partial charge in [-0.05, 0) is 57.0 Å². The second-order valence-electron chi connectivity index (χ2n) is 8.58. The Morgan fingerprint density at radius 3 is 1.79 bits per heavy atom. The Balaban J connectivity index is 1.20. The first kappa shape index (κ1) is 21.7. The first-order valence-corrected chi connectivity index (χ1v) is 11.9. The lowest BCUT2D eigenvalue weighted by Crippen LogP contribution is -1.84. The topological polar surface area (TPSA) is 0 Å². The SMILES string of the molecule is C(=Cc1ccccc1)Cc1ccc(-c2ccc(/C=C/Cc3cccc4ccccc34)cc2)cc1. The number of hydrogen-bond acceptors (Lipinski definition) is 0. The van der Waals surface area contributed by atoms with Crippen molar-refractivity contribution in [3.63, 3.8) is 0 Å². The minimum absolute atomic E-state index is 0.934. The third-order valence-corrected chi connectivity index (χ3v) is 6.19. The summed E-state index contributed by atoms with van der Waals surface area (Å²) in [4.78, 5) is 0. The van der Waals surface area contributed by atoms with Gasteiger partial charge in [-0.2, -0.15) is 0 Å². The highest BCUT2D eigenvalue weighted by Gasteiger charge is 2.00. The Hall–Kier alpha value is -4.16. The van der Waals surface area contributed by atoms with Crippen LogP contribution in [-0.4, -0.2) is 0 Å². The van der Waals surface area contributed by atoms with Gasteiger partial charge in [-0.1, -0.05) is 146 Å². The predicted molar refractivity (Wildman–Crippen MR) is 148 cm³/mol. The summed E-state index contributed by atoms with van der Waals surface area (Å²) in [6, 6.07) is 43.3. The van der Waals surface area contributed by atoms with Gasteiger partial charge in [0.25, 0.3) is 0 Å². The van der Waals surface area contributed by atoms with Crippen LogP contribution in [0.25, 0.3) is 34.1 Å². The Kier molecular flexibility index (Phi) is 6.78. The van der Waals surface area contributed by atoms with E-state index >= 15 is 0 Å². The molecule has 5 aromatic rings. The molecule has 0 nitrogen and oxygen atoms in total. The number of allylic oxidation sites excluding steroid dienone is 2. The molecule has 0 fully saturated rings. The van der Waals surface area contributed by atoms with Crippen molar-refractivity contribution in [2.75, 3.05) is 0 Å². The molecule has 0 spiro atoms. The molecule has 0 aromatic heterocycles. The van der Waals surface area contributed by atoms with E-state index in [0.29, 0.717) is 0 Å². The second kappa shape index (κ2) is 10.6. The molecule has 0 amide bonds. The van der Waals surface area contributed by atoms with Gasteiger partial charge in [0.15, 0.2) is 0 Å². The zero-order valence-corrected chi connectivity index (χ0v) is 19.3. The normalized spacial score (nSPS) is 11.5. The van der Waals surface area contributed by atoms with Crippen molar-refractivity contribution in [3.05, 3.63) is 156 Å². The maximum atomic E-state index is 2.26. The summed E-state index contributed by atoms with van der Waals surface area (Å²) in [5.74, 6) is 0. The smallest absolute Gasteiger partial charge is 0.00880 e. The molecule has 34 heavy (non-hydrogen) atoms. The lowest BCUT2D eigenvalue weighted by atomic mass is 10.0. The number of fused-ring (bicyclic) bond motifs is 1. The minimum Gasteiger partial charge on any atom is -0.0795 e. The molecule has 0 radical (unpaired) electrons. The van der Waals surface area contributed by atoms with E-state index in [0.717, 1.165) is 12.8 Å². The van der Waals surface area contributed by atoms with E-state index in [-0.39, 0.29) is 0 Å². The van der Waals surface area contributed by atoms with Gasteiger partial charge in [0, 0.05) is 0 Å². The average Bonchev–Trinajstić information content (AvgIpc) is 2.90. The standard InChI is InChI=1S/C34H28/c1-2-9-27(10-3-1)11-6-12-28-19-23-30(24-20-28)31-25-21-29(22-26-31)13-7-15-33-17-8-16-32-14-4-5-18-34(32)33/h1-11,13-14,16-26H,12,15H2/b11-6?,13-7+. The molecular formula is C34H28. The molecule has 0 bridgehead atoms. The van der Waals surface area contributed by atoms with E-state index < -0.39 is 0 Å². The lowest BCUT2D eigenvalue weighted by molar-refractivity contribution is 1.28. The van der Waals surface area contributed by atoms with E-state index in [2.05, 4.69) is 140 Å². The third-order valence-electron chi connectivity index (χ3n) is 6.19. The van der Waals surface area contributed by atoms with Crippen LogP contribution in [0.5, 0.6) is 0 Å². The van der Waals surface area contributed by atoms with Gasteiger partial charge in [-0.3, -0.25) is 0 Å². The van der Waals surface area contributed by atoms with Crippen LogP contribution in [0.15, 0.2) is 133 Å². The van der Waals surface area contributed by atoms with Crippen LogP contribution in [0.1, 0.15) is 22.3 Å². The summed E-state index contributed by atoms with van der Waals surface area (Å²) < 4.78 is 0. The zero-order chi connectivity index (χ0) is 23.0. The third kappa shape index (κ3) is 5.42. The lowest BCUT2D eigenvalue weighted by Gasteiger charge is -2.05. The van der Waals surface area contributed by atoms with Crippen molar-refractivity contribution < 1.29 is 0 Å². The number of hydrogen-bond donors (Lipinski definition) is 0. The first-order valence-electron chi connectivity index (χ1n) is 11.9. The second-order valence-corrected chi connectivity index (χ2v) is 8.58. The fourth-order valence-electron chi connectivity index (χ4n) is 4.31. The van der Waals surface area contributed by atoms with Crippen molar-refractivity contribution in [2.24, 2.45) is 0 Å². The molecule has 0 aliphatic rings. The van der Waals surface area contributed by atoms with Gasteiger partial charge >= 0.3 is 0 Å². The maximum absolute atomic E-state index is 2.26. The van der Waals surface area contributed by atoms with Crippen LogP contribution >= 0.6 is 0 Å². The molecule has 0 N–H and O–H groups in total. The van der Waals surface area contributed by atoms with Crippen LogP contribution in [0.2, 0.25) is 0 Å². The molecule has 0 aliphatic carbocycles. The van der Waals surface area contributed by atoms with E-state index in [4.69, 9.17) is 0 Å². The number of benzene rings is 5. The summed E-state index contributed by atoms with van der Waals surface area (Å²) in [6.45, 7) is 0. The summed E-state index contributed by atoms with van der Waals surface area (Å²) in [6.07, 6.45) is 10.8. The van der Waals surface area contributed by atoms with Gasteiger partial charge < -0.3 is 0 Å². The Bertz CT molecular complexity index is 1400. The zero-order valence-electron chi connectivity index (χ0n) is 19.3. The van der Waals surface area contributed by atoms with Crippen molar-refractivity contribution >= 4 is 22.9 Å². The van der Waals surface area contributed by atoms with E-state index in [1.54, 1.807) is 0 Å². The molecule has 0 unspecified atom stereocenters. The largest absolute Gasteiger partial charge is 0.0795 e. The molecule has 0 atom stereocenters. The molecule has 0 heterocycles. The molecule has 5 rings (SSSR count). The molecule has 0 saturated carbocycles. The van der Waals surface area contributed by atoms with Crippen molar-refractivity contribution in [2.45, 2.75) is 12.8 Å². The molecule has 164 valence electrons. The van der Waals surface area contributed by atoms with Crippen molar-refractivity contribution in [1.29, 1.82) is 0 Å².